The number of thiophene rings is 1. The Kier molecular flexibility index (Phi) is 5.38. The van der Waals surface area contributed by atoms with Gasteiger partial charge in [-0.2, -0.15) is 4.98 Å². The number of aromatic nitrogens is 3. The minimum absolute atomic E-state index is 0.0774. The van der Waals surface area contributed by atoms with Crippen LogP contribution in [0.3, 0.4) is 0 Å². The Bertz CT molecular complexity index is 865. The zero-order valence-electron chi connectivity index (χ0n) is 12.1. The van der Waals surface area contributed by atoms with Gasteiger partial charge in [-0.25, -0.2) is 32.7 Å². The molecule has 128 valence electrons. The van der Waals surface area contributed by atoms with Gasteiger partial charge >= 0.3 is 12.0 Å². The van der Waals surface area contributed by atoms with E-state index < -0.39 is 31.8 Å². The lowest BCUT2D eigenvalue weighted by atomic mass is 10.5. The fourth-order valence-corrected chi connectivity index (χ4v) is 3.73. The lowest BCUT2D eigenvalue weighted by Gasteiger charge is -2.07. The summed E-state index contributed by atoms with van der Waals surface area (Å²) in [6.07, 6.45) is 1.12. The van der Waals surface area contributed by atoms with E-state index in [1.165, 1.54) is 12.5 Å². The van der Waals surface area contributed by atoms with Crippen molar-refractivity contribution in [3.63, 3.8) is 0 Å². The second-order valence-corrected chi connectivity index (χ2v) is 6.70. The molecule has 0 radical (unpaired) electrons. The number of hydrogen-bond acceptors (Lipinski definition) is 9. The van der Waals surface area contributed by atoms with Gasteiger partial charge in [0.1, 0.15) is 22.7 Å². The number of amides is 2. The van der Waals surface area contributed by atoms with Crippen LogP contribution in [-0.4, -0.2) is 47.6 Å². The number of nitrogens with one attached hydrogen (secondary N) is 2. The largest absolute Gasteiger partial charge is 0.477 e. The van der Waals surface area contributed by atoms with Crippen molar-refractivity contribution in [3.8, 4) is 0 Å². The summed E-state index contributed by atoms with van der Waals surface area (Å²) in [5.74, 6) is -1.36. The van der Waals surface area contributed by atoms with Gasteiger partial charge in [0.2, 0.25) is 5.95 Å². The number of carbonyl (C=O) groups excluding carboxylic acids is 1. The smallest absolute Gasteiger partial charge is 0.347 e. The van der Waals surface area contributed by atoms with Gasteiger partial charge in [0.05, 0.1) is 0 Å². The fraction of sp³-hybridized carbons (Fsp3) is 0.182. The number of sulfonamides is 1. The molecule has 0 aromatic carbocycles. The maximum Gasteiger partial charge on any atom is 0.347 e. The number of carboxylic acids is 1. The number of rotatable bonds is 6. The molecule has 13 heteroatoms. The van der Waals surface area contributed by atoms with Crippen LogP contribution >= 0.6 is 11.3 Å². The molecule has 0 spiro atoms. The van der Waals surface area contributed by atoms with Crippen LogP contribution in [-0.2, 0) is 21.4 Å². The maximum absolute atomic E-state index is 12.1. The van der Waals surface area contributed by atoms with Crippen molar-refractivity contribution in [2.24, 2.45) is 0 Å². The van der Waals surface area contributed by atoms with Gasteiger partial charge in [-0.1, -0.05) is 0 Å². The predicted octanol–water partition coefficient (Wildman–Crippen LogP) is 0.288. The summed E-state index contributed by atoms with van der Waals surface area (Å²) < 4.78 is 30.7. The molecule has 2 aromatic heterocycles. The van der Waals surface area contributed by atoms with Gasteiger partial charge in [0, 0.05) is 7.11 Å². The maximum atomic E-state index is 12.1. The van der Waals surface area contributed by atoms with Crippen LogP contribution in [0.25, 0.3) is 0 Å². The van der Waals surface area contributed by atoms with E-state index in [1.54, 1.807) is 4.72 Å². The summed E-state index contributed by atoms with van der Waals surface area (Å²) in [5, 5.41) is 12.4. The predicted molar refractivity (Wildman–Crippen MR) is 81.2 cm³/mol. The van der Waals surface area contributed by atoms with Crippen molar-refractivity contribution < 1.29 is 27.9 Å². The lowest BCUT2D eigenvalue weighted by Crippen LogP contribution is -2.35. The zero-order chi connectivity index (χ0) is 17.7. The quantitative estimate of drug-likeness (QED) is 0.646. The van der Waals surface area contributed by atoms with Crippen molar-refractivity contribution in [1.82, 2.24) is 19.7 Å². The SMILES string of the molecule is COCc1ncnc(NC(=O)NS(=O)(=O)c2ccsc2C(=O)O)n1. The topological polar surface area (TPSA) is 160 Å². The van der Waals surface area contributed by atoms with Gasteiger partial charge in [-0.05, 0) is 11.4 Å². The van der Waals surface area contributed by atoms with E-state index in [0.717, 1.165) is 23.7 Å². The monoisotopic (exact) mass is 373 g/mol. The molecule has 0 saturated heterocycles. The molecule has 0 aliphatic heterocycles. The molecular weight excluding hydrogens is 362 g/mol. The Morgan fingerprint density at radius 1 is 1.38 bits per heavy atom. The molecule has 2 aromatic rings. The van der Waals surface area contributed by atoms with Gasteiger partial charge in [0.15, 0.2) is 5.82 Å². The van der Waals surface area contributed by atoms with Crippen LogP contribution in [0.15, 0.2) is 22.7 Å². The molecular formula is C11H11N5O6S2. The van der Waals surface area contributed by atoms with Crippen LogP contribution in [0.1, 0.15) is 15.5 Å². The molecule has 0 bridgehead atoms. The molecule has 2 rings (SSSR count). The summed E-state index contributed by atoms with van der Waals surface area (Å²) in [6.45, 7) is 0.0774. The first-order valence-corrected chi connectivity index (χ1v) is 8.51. The number of carboxylic acid groups (broad SMARTS) is 1. The molecule has 2 heterocycles. The molecule has 24 heavy (non-hydrogen) atoms. The van der Waals surface area contributed by atoms with Crippen LogP contribution in [0.4, 0.5) is 10.7 Å². The fourth-order valence-electron chi connectivity index (χ4n) is 1.56. The summed E-state index contributed by atoms with van der Waals surface area (Å²) in [7, 11) is -2.93. The summed E-state index contributed by atoms with van der Waals surface area (Å²) >= 11 is 0.726. The Hall–Kier alpha value is -2.64. The molecule has 0 aliphatic rings. The molecule has 0 atom stereocenters. The Morgan fingerprint density at radius 2 is 2.12 bits per heavy atom. The average molecular weight is 373 g/mol. The van der Waals surface area contributed by atoms with Gasteiger partial charge < -0.3 is 9.84 Å². The molecule has 11 nitrogen and oxygen atoms in total. The first-order chi connectivity index (χ1) is 11.3. The summed E-state index contributed by atoms with van der Waals surface area (Å²) in [4.78, 5) is 33.1. The Labute approximate surface area is 139 Å². The van der Waals surface area contributed by atoms with Crippen LogP contribution in [0.5, 0.6) is 0 Å². The normalized spacial score (nSPS) is 11.0. The number of carbonyl (C=O) groups is 2. The lowest BCUT2D eigenvalue weighted by molar-refractivity contribution is 0.0698. The second kappa shape index (κ2) is 7.29. The Morgan fingerprint density at radius 3 is 2.79 bits per heavy atom. The number of ether oxygens (including phenoxy) is 1. The van der Waals surface area contributed by atoms with Gasteiger partial charge in [0.25, 0.3) is 10.0 Å². The first kappa shape index (κ1) is 17.7. The third-order valence-corrected chi connectivity index (χ3v) is 4.87. The van der Waals surface area contributed by atoms with Crippen LogP contribution < -0.4 is 10.0 Å². The highest BCUT2D eigenvalue weighted by atomic mass is 32.2. The summed E-state index contributed by atoms with van der Waals surface area (Å²) in [5.41, 5.74) is 0. The molecule has 2 amide bonds. The third kappa shape index (κ3) is 4.21. The number of methoxy groups -OCH3 is 1. The molecule has 0 saturated carbocycles. The number of hydrogen-bond donors (Lipinski definition) is 3. The summed E-state index contributed by atoms with van der Waals surface area (Å²) in [6, 6.07) is -0.0595. The van der Waals surface area contributed by atoms with E-state index in [4.69, 9.17) is 9.84 Å². The van der Waals surface area contributed by atoms with Gasteiger partial charge in [-0.15, -0.1) is 11.3 Å². The van der Waals surface area contributed by atoms with E-state index in [-0.39, 0.29) is 18.4 Å². The standard InChI is InChI=1S/C11H11N5O6S2/c1-22-4-7-12-5-13-10(14-7)15-11(19)16-24(20,21)6-2-3-23-8(6)9(17)18/h2-3,5H,4H2,1H3,(H,17,18)(H2,12,13,14,15,16,19). The Balaban J connectivity index is 2.12. The van der Waals surface area contributed by atoms with Crippen molar-refractivity contribution >= 4 is 39.3 Å². The highest BCUT2D eigenvalue weighted by Crippen LogP contribution is 2.21. The molecule has 0 fully saturated rings. The molecule has 0 aliphatic carbocycles. The van der Waals surface area contributed by atoms with Gasteiger partial charge in [-0.3, -0.25) is 5.32 Å². The highest BCUT2D eigenvalue weighted by Gasteiger charge is 2.25. The first-order valence-electron chi connectivity index (χ1n) is 6.15. The molecule has 3 N–H and O–H groups in total. The van der Waals surface area contributed by atoms with Crippen LogP contribution in [0, 0.1) is 0 Å². The minimum atomic E-state index is -4.36. The van der Waals surface area contributed by atoms with E-state index in [0.29, 0.717) is 0 Å². The van der Waals surface area contributed by atoms with Crippen LogP contribution in [0.2, 0.25) is 0 Å². The molecule has 0 unspecified atom stereocenters. The zero-order valence-corrected chi connectivity index (χ0v) is 13.7. The third-order valence-electron chi connectivity index (χ3n) is 2.46. The highest BCUT2D eigenvalue weighted by molar-refractivity contribution is 7.90. The van der Waals surface area contributed by atoms with E-state index in [9.17, 15) is 18.0 Å². The average Bonchev–Trinajstić information content (AvgIpc) is 2.97. The van der Waals surface area contributed by atoms with Crippen molar-refractivity contribution in [2.75, 3.05) is 12.4 Å². The minimum Gasteiger partial charge on any atom is -0.477 e. The van der Waals surface area contributed by atoms with E-state index in [1.807, 2.05) is 0 Å². The number of urea groups is 1. The van der Waals surface area contributed by atoms with Crippen molar-refractivity contribution in [3.05, 3.63) is 28.5 Å². The number of aromatic carboxylic acids is 1. The van der Waals surface area contributed by atoms with Crippen molar-refractivity contribution in [2.45, 2.75) is 11.5 Å². The second-order valence-electron chi connectivity index (χ2n) is 4.14. The number of nitrogens with zero attached hydrogens (tertiary/aromatic N) is 3. The van der Waals surface area contributed by atoms with E-state index in [2.05, 4.69) is 20.3 Å². The van der Waals surface area contributed by atoms with Crippen molar-refractivity contribution in [1.29, 1.82) is 0 Å². The number of anilines is 1. The van der Waals surface area contributed by atoms with E-state index >= 15 is 0 Å².